The summed E-state index contributed by atoms with van der Waals surface area (Å²) in [5.41, 5.74) is 0.436. The number of anilines is 1. The number of nitrogens with one attached hydrogen (secondary N) is 1. The van der Waals surface area contributed by atoms with Crippen molar-refractivity contribution in [3.05, 3.63) is 23.9 Å². The Bertz CT molecular complexity index is 406. The van der Waals surface area contributed by atoms with Crippen LogP contribution in [-0.2, 0) is 4.74 Å². The molecule has 0 radical (unpaired) electrons. The first-order valence-electron chi connectivity index (χ1n) is 5.57. The van der Waals surface area contributed by atoms with Crippen LogP contribution in [0.1, 0.15) is 30.6 Å². The van der Waals surface area contributed by atoms with Crippen molar-refractivity contribution >= 4 is 11.8 Å². The van der Waals surface area contributed by atoms with Crippen molar-refractivity contribution in [3.8, 4) is 12.3 Å². The number of hydrogen-bond donors (Lipinski definition) is 1. The van der Waals surface area contributed by atoms with E-state index in [2.05, 4.69) is 16.2 Å². The summed E-state index contributed by atoms with van der Waals surface area (Å²) >= 11 is 0. The van der Waals surface area contributed by atoms with Crippen molar-refractivity contribution in [1.29, 1.82) is 0 Å². The Morgan fingerprint density at radius 2 is 2.35 bits per heavy atom. The average Bonchev–Trinajstić information content (AvgIpc) is 2.37. The van der Waals surface area contributed by atoms with Crippen molar-refractivity contribution in [2.75, 3.05) is 11.9 Å². The van der Waals surface area contributed by atoms with E-state index >= 15 is 0 Å². The van der Waals surface area contributed by atoms with Gasteiger partial charge in [-0.1, -0.05) is 12.8 Å². The van der Waals surface area contributed by atoms with E-state index in [1.165, 1.54) is 6.20 Å². The van der Waals surface area contributed by atoms with Crippen LogP contribution in [0.3, 0.4) is 0 Å². The molecule has 17 heavy (non-hydrogen) atoms. The van der Waals surface area contributed by atoms with E-state index in [0.29, 0.717) is 18.0 Å². The van der Waals surface area contributed by atoms with Gasteiger partial charge in [0.25, 0.3) is 0 Å². The third kappa shape index (κ3) is 3.80. The van der Waals surface area contributed by atoms with Crippen LogP contribution >= 0.6 is 0 Å². The summed E-state index contributed by atoms with van der Waals surface area (Å²) in [6, 6.07) is 3.33. The number of pyridine rings is 1. The van der Waals surface area contributed by atoms with Crippen LogP contribution in [0, 0.1) is 12.3 Å². The minimum atomic E-state index is -0.365. The molecular formula is C13H16N2O2. The third-order valence-electron chi connectivity index (χ3n) is 2.21. The first kappa shape index (κ1) is 13.0. The highest BCUT2D eigenvalue weighted by Crippen LogP contribution is 2.08. The number of terminal acetylenes is 1. The average molecular weight is 232 g/mol. The monoisotopic (exact) mass is 232 g/mol. The van der Waals surface area contributed by atoms with Gasteiger partial charge in [0.05, 0.1) is 18.2 Å². The molecule has 90 valence electrons. The summed E-state index contributed by atoms with van der Waals surface area (Å²) in [6.45, 7) is 4.11. The highest BCUT2D eigenvalue weighted by Gasteiger charge is 2.07. The van der Waals surface area contributed by atoms with Crippen LogP contribution in [0.15, 0.2) is 18.3 Å². The third-order valence-corrected chi connectivity index (χ3v) is 2.21. The van der Waals surface area contributed by atoms with Crippen LogP contribution in [0.25, 0.3) is 0 Å². The summed E-state index contributed by atoms with van der Waals surface area (Å²) in [5.74, 6) is 2.91. The lowest BCUT2D eigenvalue weighted by atomic mass is 10.2. The quantitative estimate of drug-likeness (QED) is 0.624. The lowest BCUT2D eigenvalue weighted by Crippen LogP contribution is -2.16. The molecule has 0 amide bonds. The van der Waals surface area contributed by atoms with Crippen LogP contribution in [0.5, 0.6) is 0 Å². The fourth-order valence-corrected chi connectivity index (χ4v) is 1.25. The predicted molar refractivity (Wildman–Crippen MR) is 66.7 cm³/mol. The summed E-state index contributed by atoms with van der Waals surface area (Å²) in [6.07, 6.45) is 7.63. The second kappa shape index (κ2) is 6.54. The number of aromatic nitrogens is 1. The van der Waals surface area contributed by atoms with E-state index in [1.807, 2.05) is 6.92 Å². The van der Waals surface area contributed by atoms with Crippen LogP contribution in [0.2, 0.25) is 0 Å². The molecule has 0 spiro atoms. The maximum atomic E-state index is 11.4. The van der Waals surface area contributed by atoms with Gasteiger partial charge in [-0.05, 0) is 25.5 Å². The van der Waals surface area contributed by atoms with E-state index in [9.17, 15) is 4.79 Å². The van der Waals surface area contributed by atoms with Gasteiger partial charge in [0, 0.05) is 6.20 Å². The molecule has 1 aromatic rings. The Balaban J connectivity index is 2.68. The van der Waals surface area contributed by atoms with Crippen LogP contribution in [0.4, 0.5) is 5.82 Å². The van der Waals surface area contributed by atoms with Gasteiger partial charge < -0.3 is 10.1 Å². The van der Waals surface area contributed by atoms with Gasteiger partial charge in [-0.2, -0.15) is 0 Å². The molecule has 4 nitrogen and oxygen atoms in total. The zero-order valence-electron chi connectivity index (χ0n) is 10.1. The molecule has 0 aliphatic rings. The number of ether oxygens (including phenoxy) is 1. The van der Waals surface area contributed by atoms with Crippen LogP contribution in [-0.4, -0.2) is 23.6 Å². The number of carbonyl (C=O) groups is 1. The second-order valence-electron chi connectivity index (χ2n) is 3.42. The Kier molecular flexibility index (Phi) is 5.02. The molecule has 0 bridgehead atoms. The molecule has 1 rings (SSSR count). The predicted octanol–water partition coefficient (Wildman–Crippen LogP) is 2.08. The molecule has 1 heterocycles. The maximum Gasteiger partial charge on any atom is 0.339 e. The lowest BCUT2D eigenvalue weighted by Gasteiger charge is -2.11. The standard InChI is InChI=1S/C13H16N2O2/c1-4-11(5-2)15-12-8-7-10(9-14-12)13(16)17-6-3/h1,7-9,11H,5-6H2,2-3H3,(H,14,15). The molecule has 0 fully saturated rings. The minimum absolute atomic E-state index is 0.0454. The van der Waals surface area contributed by atoms with E-state index in [4.69, 9.17) is 11.2 Å². The lowest BCUT2D eigenvalue weighted by molar-refractivity contribution is 0.0526. The number of carbonyl (C=O) groups excluding carboxylic acids is 1. The minimum Gasteiger partial charge on any atom is -0.462 e. The molecule has 0 saturated carbocycles. The Morgan fingerprint density at radius 3 is 2.82 bits per heavy atom. The van der Waals surface area contributed by atoms with Crippen molar-refractivity contribution in [2.45, 2.75) is 26.3 Å². The van der Waals surface area contributed by atoms with Crippen molar-refractivity contribution in [1.82, 2.24) is 4.98 Å². The summed E-state index contributed by atoms with van der Waals surface area (Å²) in [5, 5.41) is 3.08. The zero-order valence-corrected chi connectivity index (χ0v) is 10.1. The molecule has 4 heteroatoms. The fraction of sp³-hybridized carbons (Fsp3) is 0.385. The molecule has 1 N–H and O–H groups in total. The van der Waals surface area contributed by atoms with Gasteiger partial charge in [0.15, 0.2) is 0 Å². The van der Waals surface area contributed by atoms with Crippen LogP contribution < -0.4 is 5.32 Å². The maximum absolute atomic E-state index is 11.4. The van der Waals surface area contributed by atoms with Gasteiger partial charge in [0.1, 0.15) is 5.82 Å². The molecule has 0 saturated heterocycles. The smallest absolute Gasteiger partial charge is 0.339 e. The highest BCUT2D eigenvalue weighted by molar-refractivity contribution is 5.89. The number of hydrogen-bond acceptors (Lipinski definition) is 4. The molecule has 0 aliphatic carbocycles. The van der Waals surface area contributed by atoms with Crippen molar-refractivity contribution < 1.29 is 9.53 Å². The van der Waals surface area contributed by atoms with Gasteiger partial charge in [-0.3, -0.25) is 0 Å². The van der Waals surface area contributed by atoms with E-state index in [0.717, 1.165) is 6.42 Å². The summed E-state index contributed by atoms with van der Waals surface area (Å²) < 4.78 is 4.86. The fourth-order valence-electron chi connectivity index (χ4n) is 1.25. The largest absolute Gasteiger partial charge is 0.462 e. The van der Waals surface area contributed by atoms with E-state index in [1.54, 1.807) is 19.1 Å². The van der Waals surface area contributed by atoms with E-state index in [-0.39, 0.29) is 12.0 Å². The molecule has 1 unspecified atom stereocenters. The Hall–Kier alpha value is -2.02. The topological polar surface area (TPSA) is 51.2 Å². The van der Waals surface area contributed by atoms with E-state index < -0.39 is 0 Å². The molecule has 0 aromatic carbocycles. The van der Waals surface area contributed by atoms with Gasteiger partial charge in [0.2, 0.25) is 0 Å². The second-order valence-corrected chi connectivity index (χ2v) is 3.42. The SMILES string of the molecule is C#CC(CC)Nc1ccc(C(=O)OCC)cn1. The van der Waals surface area contributed by atoms with Gasteiger partial charge in [-0.25, -0.2) is 9.78 Å². The Labute approximate surface area is 101 Å². The molecular weight excluding hydrogens is 216 g/mol. The van der Waals surface area contributed by atoms with Gasteiger partial charge in [-0.15, -0.1) is 6.42 Å². The number of esters is 1. The first-order chi connectivity index (χ1) is 8.21. The molecule has 0 aliphatic heterocycles. The molecule has 1 atom stereocenters. The Morgan fingerprint density at radius 1 is 1.59 bits per heavy atom. The number of rotatable bonds is 5. The molecule has 1 aromatic heterocycles. The summed E-state index contributed by atoms with van der Waals surface area (Å²) in [4.78, 5) is 15.5. The van der Waals surface area contributed by atoms with Gasteiger partial charge >= 0.3 is 5.97 Å². The van der Waals surface area contributed by atoms with Crippen molar-refractivity contribution in [2.24, 2.45) is 0 Å². The first-order valence-corrected chi connectivity index (χ1v) is 5.57. The van der Waals surface area contributed by atoms with Crippen molar-refractivity contribution in [3.63, 3.8) is 0 Å². The number of nitrogens with zero attached hydrogens (tertiary/aromatic N) is 1. The summed E-state index contributed by atoms with van der Waals surface area (Å²) in [7, 11) is 0. The normalized spacial score (nSPS) is 11.4. The highest BCUT2D eigenvalue weighted by atomic mass is 16.5. The zero-order chi connectivity index (χ0) is 12.7.